The minimum Gasteiger partial charge on any atom is -0.353 e. The largest absolute Gasteiger partial charge is 0.353 e. The van der Waals surface area contributed by atoms with Crippen LogP contribution < -0.4 is 10.6 Å². The minimum absolute atomic E-state index is 0.000301. The number of carbonyl (C=O) groups is 2. The van der Waals surface area contributed by atoms with Gasteiger partial charge in [0.05, 0.1) is 17.9 Å². The first-order valence-corrected chi connectivity index (χ1v) is 8.83. The van der Waals surface area contributed by atoms with Gasteiger partial charge in [-0.1, -0.05) is 0 Å². The van der Waals surface area contributed by atoms with Gasteiger partial charge < -0.3 is 15.2 Å². The van der Waals surface area contributed by atoms with E-state index in [9.17, 15) is 9.59 Å². The quantitative estimate of drug-likeness (QED) is 0.858. The molecular weight excluding hydrogens is 292 g/mol. The number of carbonyl (C=O) groups excluding carboxylic acids is 2. The van der Waals surface area contributed by atoms with Crippen LogP contribution in [0.5, 0.6) is 0 Å². The molecule has 3 aliphatic rings. The van der Waals surface area contributed by atoms with E-state index in [-0.39, 0.29) is 17.7 Å². The summed E-state index contributed by atoms with van der Waals surface area (Å²) >= 11 is 0. The number of aromatic nitrogens is 2. The number of imidazole rings is 1. The topological polar surface area (TPSA) is 76.0 Å². The van der Waals surface area contributed by atoms with Crippen LogP contribution in [0.15, 0.2) is 6.33 Å². The Balaban J connectivity index is 1.37. The Hall–Kier alpha value is -1.85. The highest BCUT2D eigenvalue weighted by molar-refractivity contribution is 5.93. The first-order chi connectivity index (χ1) is 11.2. The molecule has 1 aliphatic heterocycles. The molecule has 23 heavy (non-hydrogen) atoms. The van der Waals surface area contributed by atoms with E-state index in [2.05, 4.69) is 15.6 Å². The van der Waals surface area contributed by atoms with Gasteiger partial charge in [0.25, 0.3) is 5.91 Å². The zero-order valence-electron chi connectivity index (χ0n) is 13.4. The summed E-state index contributed by atoms with van der Waals surface area (Å²) in [4.78, 5) is 28.9. The first kappa shape index (κ1) is 14.7. The summed E-state index contributed by atoms with van der Waals surface area (Å²) < 4.78 is 1.99. The predicted octanol–water partition coefficient (Wildman–Crippen LogP) is 1.25. The Morgan fingerprint density at radius 2 is 2.04 bits per heavy atom. The van der Waals surface area contributed by atoms with E-state index in [4.69, 9.17) is 0 Å². The highest BCUT2D eigenvalue weighted by atomic mass is 16.2. The van der Waals surface area contributed by atoms with Crippen molar-refractivity contribution in [3.63, 3.8) is 0 Å². The van der Waals surface area contributed by atoms with Crippen molar-refractivity contribution in [1.29, 1.82) is 0 Å². The molecule has 1 aromatic heterocycles. The standard InChI is InChI=1S/C17H24N4O2/c22-16(20-13-2-1-3-13)12-6-7-14-15(19-10-21(14)9-12)17(23)18-8-11-4-5-11/h10-13H,1-9H2,(H,18,23)(H,20,22). The van der Waals surface area contributed by atoms with E-state index in [1.54, 1.807) is 6.33 Å². The van der Waals surface area contributed by atoms with Crippen LogP contribution in [-0.2, 0) is 17.8 Å². The Morgan fingerprint density at radius 1 is 1.22 bits per heavy atom. The number of rotatable bonds is 5. The van der Waals surface area contributed by atoms with Crippen LogP contribution in [0.2, 0.25) is 0 Å². The van der Waals surface area contributed by atoms with Crippen molar-refractivity contribution >= 4 is 11.8 Å². The Kier molecular flexibility index (Phi) is 3.83. The number of fused-ring (bicyclic) bond motifs is 1. The number of nitrogens with zero attached hydrogens (tertiary/aromatic N) is 2. The number of amides is 2. The Labute approximate surface area is 136 Å². The lowest BCUT2D eigenvalue weighted by atomic mass is 9.91. The first-order valence-electron chi connectivity index (χ1n) is 8.83. The number of nitrogens with one attached hydrogen (secondary N) is 2. The van der Waals surface area contributed by atoms with Crippen molar-refractivity contribution < 1.29 is 9.59 Å². The second kappa shape index (κ2) is 5.98. The van der Waals surface area contributed by atoms with Gasteiger partial charge >= 0.3 is 0 Å². The smallest absolute Gasteiger partial charge is 0.271 e. The fourth-order valence-electron chi connectivity index (χ4n) is 3.38. The molecule has 0 spiro atoms. The van der Waals surface area contributed by atoms with Crippen LogP contribution in [0.1, 0.15) is 54.7 Å². The van der Waals surface area contributed by atoms with Gasteiger partial charge in [-0.3, -0.25) is 9.59 Å². The van der Waals surface area contributed by atoms with Gasteiger partial charge in [-0.25, -0.2) is 4.98 Å². The van der Waals surface area contributed by atoms with Crippen LogP contribution in [-0.4, -0.2) is 34.0 Å². The fraction of sp³-hybridized carbons (Fsp3) is 0.706. The summed E-state index contributed by atoms with van der Waals surface area (Å²) in [6.07, 6.45) is 9.14. The van der Waals surface area contributed by atoms with Crippen LogP contribution in [0, 0.1) is 11.8 Å². The van der Waals surface area contributed by atoms with E-state index < -0.39 is 0 Å². The summed E-state index contributed by atoms with van der Waals surface area (Å²) in [6.45, 7) is 1.40. The van der Waals surface area contributed by atoms with Crippen molar-refractivity contribution in [3.8, 4) is 0 Å². The van der Waals surface area contributed by atoms with Gasteiger partial charge in [0.2, 0.25) is 5.91 Å². The lowest BCUT2D eigenvalue weighted by Gasteiger charge is -2.30. The fourth-order valence-corrected chi connectivity index (χ4v) is 3.38. The average Bonchev–Trinajstić information content (AvgIpc) is 3.25. The van der Waals surface area contributed by atoms with Crippen LogP contribution in [0.3, 0.4) is 0 Å². The Morgan fingerprint density at radius 3 is 2.74 bits per heavy atom. The third kappa shape index (κ3) is 3.12. The maximum atomic E-state index is 12.3. The molecule has 0 bridgehead atoms. The second-order valence-corrected chi connectivity index (χ2v) is 7.22. The minimum atomic E-state index is -0.0666. The van der Waals surface area contributed by atoms with Gasteiger partial charge in [-0.2, -0.15) is 0 Å². The molecule has 1 aromatic rings. The Bertz CT molecular complexity index is 616. The van der Waals surface area contributed by atoms with Gasteiger partial charge in [-0.05, 0) is 50.9 Å². The highest BCUT2D eigenvalue weighted by Crippen LogP contribution is 2.28. The van der Waals surface area contributed by atoms with Crippen LogP contribution in [0.25, 0.3) is 0 Å². The molecule has 2 amide bonds. The normalized spacial score (nSPS) is 23.7. The maximum absolute atomic E-state index is 12.3. The SMILES string of the molecule is O=C(NCC1CC1)c1ncn2c1CCC(C(=O)NC1CCC1)C2. The number of hydrogen-bond donors (Lipinski definition) is 2. The van der Waals surface area contributed by atoms with Crippen molar-refractivity contribution in [2.75, 3.05) is 6.54 Å². The van der Waals surface area contributed by atoms with Gasteiger partial charge in [-0.15, -0.1) is 0 Å². The molecule has 6 nitrogen and oxygen atoms in total. The van der Waals surface area contributed by atoms with E-state index in [1.807, 2.05) is 4.57 Å². The predicted molar refractivity (Wildman–Crippen MR) is 84.9 cm³/mol. The van der Waals surface area contributed by atoms with Crippen molar-refractivity contribution in [2.24, 2.45) is 11.8 Å². The second-order valence-electron chi connectivity index (χ2n) is 7.22. The molecular formula is C17H24N4O2. The summed E-state index contributed by atoms with van der Waals surface area (Å²) in [5.74, 6) is 0.758. The molecule has 2 fully saturated rings. The van der Waals surface area contributed by atoms with Crippen LogP contribution in [0.4, 0.5) is 0 Å². The molecule has 2 heterocycles. The maximum Gasteiger partial charge on any atom is 0.271 e. The van der Waals surface area contributed by atoms with E-state index in [0.29, 0.717) is 24.2 Å². The molecule has 0 aromatic carbocycles. The summed E-state index contributed by atoms with van der Waals surface area (Å²) in [5, 5.41) is 6.11. The van der Waals surface area contributed by atoms with Crippen molar-refractivity contribution in [3.05, 3.63) is 17.7 Å². The molecule has 4 rings (SSSR count). The summed E-state index contributed by atoms with van der Waals surface area (Å²) in [5.41, 5.74) is 1.52. The molecule has 0 saturated heterocycles. The molecule has 1 atom stereocenters. The van der Waals surface area contributed by atoms with Gasteiger partial charge in [0, 0.05) is 19.1 Å². The van der Waals surface area contributed by atoms with E-state index in [1.165, 1.54) is 19.3 Å². The third-order valence-corrected chi connectivity index (χ3v) is 5.38. The molecule has 2 aliphatic carbocycles. The van der Waals surface area contributed by atoms with E-state index >= 15 is 0 Å². The average molecular weight is 316 g/mol. The molecule has 124 valence electrons. The van der Waals surface area contributed by atoms with Gasteiger partial charge in [0.1, 0.15) is 5.69 Å². The summed E-state index contributed by atoms with van der Waals surface area (Å²) in [7, 11) is 0. The van der Waals surface area contributed by atoms with E-state index in [0.717, 1.165) is 37.9 Å². The summed E-state index contributed by atoms with van der Waals surface area (Å²) in [6, 6.07) is 0.385. The van der Waals surface area contributed by atoms with Crippen molar-refractivity contribution in [2.45, 2.75) is 57.5 Å². The molecule has 0 radical (unpaired) electrons. The van der Waals surface area contributed by atoms with Gasteiger partial charge in [0.15, 0.2) is 0 Å². The molecule has 2 saturated carbocycles. The lowest BCUT2D eigenvalue weighted by molar-refractivity contribution is -0.127. The monoisotopic (exact) mass is 316 g/mol. The zero-order valence-corrected chi connectivity index (χ0v) is 13.4. The lowest BCUT2D eigenvalue weighted by Crippen LogP contribution is -2.44. The van der Waals surface area contributed by atoms with Crippen molar-refractivity contribution in [1.82, 2.24) is 20.2 Å². The highest BCUT2D eigenvalue weighted by Gasteiger charge is 2.31. The van der Waals surface area contributed by atoms with Crippen LogP contribution >= 0.6 is 0 Å². The zero-order chi connectivity index (χ0) is 15.8. The molecule has 2 N–H and O–H groups in total. The molecule has 1 unspecified atom stereocenters. The molecule has 6 heteroatoms. The number of hydrogen-bond acceptors (Lipinski definition) is 3. The third-order valence-electron chi connectivity index (χ3n) is 5.38.